The summed E-state index contributed by atoms with van der Waals surface area (Å²) in [6.45, 7) is 4.80. The first kappa shape index (κ1) is 19.1. The summed E-state index contributed by atoms with van der Waals surface area (Å²) >= 11 is 6.04. The van der Waals surface area contributed by atoms with E-state index in [0.29, 0.717) is 5.56 Å². The Morgan fingerprint density at radius 3 is 2.63 bits per heavy atom. The smallest absolute Gasteiger partial charge is 0.173 e. The molecule has 2 N–H and O–H groups in total. The van der Waals surface area contributed by atoms with Crippen LogP contribution in [0.4, 0.5) is 0 Å². The van der Waals surface area contributed by atoms with Gasteiger partial charge in [0.1, 0.15) is 0 Å². The van der Waals surface area contributed by atoms with E-state index < -0.39 is 0 Å². The van der Waals surface area contributed by atoms with Crippen LogP contribution in [-0.2, 0) is 6.54 Å². The third-order valence-corrected chi connectivity index (χ3v) is 4.84. The fourth-order valence-electron chi connectivity index (χ4n) is 3.27. The predicted molar refractivity (Wildman–Crippen MR) is 114 cm³/mol. The fraction of sp³-hybridized carbons (Fsp3) is 0.227. The average Bonchev–Trinajstić information content (AvgIpc) is 2.99. The van der Waals surface area contributed by atoms with Crippen LogP contribution in [-0.4, -0.2) is 15.8 Å². The molecule has 0 fully saturated rings. The molecule has 0 aliphatic heterocycles. The van der Waals surface area contributed by atoms with Crippen LogP contribution < -0.4 is 0 Å². The Hall–Kier alpha value is -2.72. The molecule has 1 heterocycles. The first-order valence-electron chi connectivity index (χ1n) is 8.98. The van der Waals surface area contributed by atoms with Gasteiger partial charge in [0, 0.05) is 39.3 Å². The fourth-order valence-corrected chi connectivity index (χ4v) is 3.37. The Labute approximate surface area is 164 Å². The number of alkyl halides is 1. The van der Waals surface area contributed by atoms with E-state index in [4.69, 9.17) is 22.5 Å². The minimum Gasteiger partial charge on any atom is -0.336 e. The van der Waals surface area contributed by atoms with Gasteiger partial charge in [0.2, 0.25) is 0 Å². The zero-order valence-electron chi connectivity index (χ0n) is 15.5. The Bertz CT molecular complexity index is 1060. The number of halogens is 1. The quantitative estimate of drug-likeness (QED) is 0.158. The summed E-state index contributed by atoms with van der Waals surface area (Å²) in [5, 5.41) is 13.4. The van der Waals surface area contributed by atoms with Crippen LogP contribution in [0.25, 0.3) is 21.8 Å². The number of hydrogen-bond acceptors (Lipinski definition) is 2. The summed E-state index contributed by atoms with van der Waals surface area (Å²) in [5.41, 5.74) is 11.2. The van der Waals surface area contributed by atoms with Gasteiger partial charge in [-0.2, -0.15) is 0 Å². The summed E-state index contributed by atoms with van der Waals surface area (Å²) in [5.74, 6) is -0.0269. The molecule has 27 heavy (non-hydrogen) atoms. The number of benzene rings is 2. The maximum Gasteiger partial charge on any atom is 0.173 e. The SMILES string of the molecule is C/C=C(\C=C/CC(C)Cl)Cn1c2ccccc2c2cc(C(=N)N=N)ccc21. The molecule has 0 aliphatic carbocycles. The molecule has 3 aromatic rings. The number of fused-ring (bicyclic) bond motifs is 3. The zero-order valence-corrected chi connectivity index (χ0v) is 16.3. The van der Waals surface area contributed by atoms with Crippen LogP contribution in [0.1, 0.15) is 25.8 Å². The Morgan fingerprint density at radius 1 is 1.19 bits per heavy atom. The highest BCUT2D eigenvalue weighted by atomic mass is 35.5. The van der Waals surface area contributed by atoms with Crippen molar-refractivity contribution in [1.82, 2.24) is 4.57 Å². The lowest BCUT2D eigenvalue weighted by Gasteiger charge is -2.09. The lowest BCUT2D eigenvalue weighted by molar-refractivity contribution is 0.863. The van der Waals surface area contributed by atoms with Crippen LogP contribution >= 0.6 is 11.6 Å². The number of nitrogens with one attached hydrogen (secondary N) is 2. The van der Waals surface area contributed by atoms with E-state index in [1.165, 1.54) is 5.57 Å². The Kier molecular flexibility index (Phi) is 5.87. The highest BCUT2D eigenvalue weighted by molar-refractivity contribution is 6.20. The van der Waals surface area contributed by atoms with Gasteiger partial charge in [0.05, 0.1) is 0 Å². The Balaban J connectivity index is 2.10. The molecular weight excluding hydrogens is 356 g/mol. The standard InChI is InChI=1S/C22H23ClN4/c1-3-16(8-6-7-15(2)23)14-27-20-10-5-4-9-18(20)19-13-17(22(24)26-25)11-12-21(19)27/h3-6,8-13,15,24-25H,7,14H2,1-2H3/b8-6-,16-3+,24-22?,26-25?. The van der Waals surface area contributed by atoms with Crippen molar-refractivity contribution in [3.05, 3.63) is 71.8 Å². The van der Waals surface area contributed by atoms with Crippen LogP contribution in [0.5, 0.6) is 0 Å². The van der Waals surface area contributed by atoms with Gasteiger partial charge in [0.25, 0.3) is 0 Å². The van der Waals surface area contributed by atoms with E-state index in [1.54, 1.807) is 0 Å². The summed E-state index contributed by atoms with van der Waals surface area (Å²) in [6, 6.07) is 14.1. The van der Waals surface area contributed by atoms with Crippen molar-refractivity contribution in [3.63, 3.8) is 0 Å². The maximum atomic E-state index is 7.83. The number of rotatable bonds is 6. The van der Waals surface area contributed by atoms with E-state index in [1.807, 2.05) is 44.2 Å². The van der Waals surface area contributed by atoms with Crippen molar-refractivity contribution >= 4 is 39.2 Å². The van der Waals surface area contributed by atoms with E-state index in [9.17, 15) is 0 Å². The molecule has 2 aromatic carbocycles. The van der Waals surface area contributed by atoms with E-state index in [-0.39, 0.29) is 11.2 Å². The molecule has 4 nitrogen and oxygen atoms in total. The van der Waals surface area contributed by atoms with Crippen LogP contribution in [0.15, 0.2) is 71.4 Å². The molecule has 0 amide bonds. The van der Waals surface area contributed by atoms with Gasteiger partial charge in [-0.1, -0.05) is 36.4 Å². The normalized spacial score (nSPS) is 13.5. The number of allylic oxidation sites excluding steroid dienone is 4. The average molecular weight is 379 g/mol. The minimum absolute atomic E-state index is 0.0269. The molecule has 3 rings (SSSR count). The Morgan fingerprint density at radius 2 is 1.93 bits per heavy atom. The lowest BCUT2D eigenvalue weighted by Crippen LogP contribution is -2.00. The zero-order chi connectivity index (χ0) is 19.4. The molecule has 1 aromatic heterocycles. The molecule has 0 radical (unpaired) electrons. The molecule has 1 atom stereocenters. The van der Waals surface area contributed by atoms with Crippen molar-refractivity contribution in [3.8, 4) is 0 Å². The number of nitrogens with zero attached hydrogens (tertiary/aromatic N) is 2. The highest BCUT2D eigenvalue weighted by Gasteiger charge is 2.12. The molecule has 5 heteroatoms. The van der Waals surface area contributed by atoms with Crippen molar-refractivity contribution < 1.29 is 0 Å². The summed E-state index contributed by atoms with van der Waals surface area (Å²) in [7, 11) is 0. The minimum atomic E-state index is -0.0269. The van der Waals surface area contributed by atoms with Crippen LogP contribution in [0.3, 0.4) is 0 Å². The van der Waals surface area contributed by atoms with Crippen molar-refractivity contribution in [2.45, 2.75) is 32.2 Å². The predicted octanol–water partition coefficient (Wildman–Crippen LogP) is 6.67. The molecule has 0 saturated heterocycles. The summed E-state index contributed by atoms with van der Waals surface area (Å²) < 4.78 is 2.29. The van der Waals surface area contributed by atoms with E-state index in [0.717, 1.165) is 34.8 Å². The second kappa shape index (κ2) is 8.31. The lowest BCUT2D eigenvalue weighted by atomic mass is 10.1. The first-order chi connectivity index (χ1) is 13.0. The van der Waals surface area contributed by atoms with Gasteiger partial charge in [-0.15, -0.1) is 16.7 Å². The largest absolute Gasteiger partial charge is 0.336 e. The molecular formula is C22H23ClN4. The number of aromatic nitrogens is 1. The molecule has 0 saturated carbocycles. The van der Waals surface area contributed by atoms with Crippen molar-refractivity contribution in [2.75, 3.05) is 0 Å². The molecule has 0 aliphatic rings. The van der Waals surface area contributed by atoms with Gasteiger partial charge >= 0.3 is 0 Å². The van der Waals surface area contributed by atoms with Crippen molar-refractivity contribution in [1.29, 1.82) is 10.9 Å². The highest BCUT2D eigenvalue weighted by Crippen LogP contribution is 2.30. The van der Waals surface area contributed by atoms with E-state index in [2.05, 4.69) is 40.0 Å². The van der Waals surface area contributed by atoms with Crippen LogP contribution in [0.2, 0.25) is 0 Å². The molecule has 0 bridgehead atoms. The second-order valence-electron chi connectivity index (χ2n) is 6.58. The van der Waals surface area contributed by atoms with Gasteiger partial charge in [-0.25, -0.2) is 5.53 Å². The first-order valence-corrected chi connectivity index (χ1v) is 9.42. The van der Waals surface area contributed by atoms with Gasteiger partial charge in [0.15, 0.2) is 5.84 Å². The number of para-hydroxylation sites is 1. The molecule has 138 valence electrons. The summed E-state index contributed by atoms with van der Waals surface area (Å²) in [6.07, 6.45) is 7.23. The van der Waals surface area contributed by atoms with Gasteiger partial charge in [-0.05, 0) is 50.1 Å². The monoisotopic (exact) mass is 378 g/mol. The molecule has 0 spiro atoms. The van der Waals surface area contributed by atoms with Crippen LogP contribution in [0, 0.1) is 10.9 Å². The second-order valence-corrected chi connectivity index (χ2v) is 7.32. The van der Waals surface area contributed by atoms with E-state index >= 15 is 0 Å². The third kappa shape index (κ3) is 4.01. The van der Waals surface area contributed by atoms with Crippen molar-refractivity contribution in [2.24, 2.45) is 5.11 Å². The summed E-state index contributed by atoms with van der Waals surface area (Å²) in [4.78, 5) is 0. The number of amidine groups is 1. The topological polar surface area (TPSA) is 65.0 Å². The van der Waals surface area contributed by atoms with Gasteiger partial charge in [-0.3, -0.25) is 5.41 Å². The number of hydrogen-bond donors (Lipinski definition) is 2. The third-order valence-electron chi connectivity index (χ3n) is 4.66. The maximum absolute atomic E-state index is 7.83. The van der Waals surface area contributed by atoms with Gasteiger partial charge < -0.3 is 4.57 Å². The molecule has 1 unspecified atom stereocenters.